The lowest BCUT2D eigenvalue weighted by atomic mass is 9.70. The van der Waals surface area contributed by atoms with Gasteiger partial charge in [-0.15, -0.1) is 0 Å². The van der Waals surface area contributed by atoms with Crippen molar-refractivity contribution < 1.29 is 0 Å². The standard InChI is InChI=1S/C34H44N8/c1-25-38-30-9-5-6-10-31(30)42(25)29-23-27-11-12-28(24-29)40(27)21-15-34(26-7-3-2-4-8-26)13-19-39(20-14-34)33-37-18-22-41(33)32-35-16-17-36-32/h2-10,27-29H,11-24H2,1H3,(H,35,36)/t27-,28+,29+. The molecule has 0 unspecified atom stereocenters. The number of fused-ring (bicyclic) bond motifs is 3. The zero-order chi connectivity index (χ0) is 28.1. The Balaban J connectivity index is 0.976. The largest absolute Gasteiger partial charge is 0.354 e. The summed E-state index contributed by atoms with van der Waals surface area (Å²) < 4.78 is 2.56. The van der Waals surface area contributed by atoms with Crippen molar-refractivity contribution >= 4 is 23.0 Å². The highest BCUT2D eigenvalue weighted by Gasteiger charge is 2.44. The van der Waals surface area contributed by atoms with Gasteiger partial charge in [0, 0.05) is 44.3 Å². The van der Waals surface area contributed by atoms with Gasteiger partial charge >= 0.3 is 0 Å². The number of piperidine rings is 2. The molecular formula is C34H44N8. The number of likely N-dealkylation sites (tertiary alicyclic amines) is 1. The molecule has 3 aromatic rings. The van der Waals surface area contributed by atoms with E-state index in [1.807, 2.05) is 0 Å². The normalized spacial score (nSPS) is 27.4. The number of aromatic nitrogens is 2. The first-order valence-electron chi connectivity index (χ1n) is 16.3. The van der Waals surface area contributed by atoms with Crippen LogP contribution >= 0.6 is 0 Å². The SMILES string of the molecule is Cc1nc2ccccc2n1[C@H]1C[C@H]2CC[C@@H](C1)N2CCC1(c2ccccc2)CCN(C2=NCCN2C2=NCCN2)CC1. The summed E-state index contributed by atoms with van der Waals surface area (Å²) >= 11 is 0. The van der Waals surface area contributed by atoms with Gasteiger partial charge in [-0.3, -0.25) is 19.8 Å². The molecule has 6 heterocycles. The number of para-hydroxylation sites is 2. The molecule has 0 amide bonds. The molecule has 3 saturated heterocycles. The Labute approximate surface area is 249 Å². The van der Waals surface area contributed by atoms with Crippen LogP contribution in [-0.2, 0) is 5.41 Å². The molecule has 1 N–H and O–H groups in total. The van der Waals surface area contributed by atoms with E-state index < -0.39 is 0 Å². The van der Waals surface area contributed by atoms with Crippen molar-refractivity contribution in [2.24, 2.45) is 9.98 Å². The maximum atomic E-state index is 4.94. The predicted octanol–water partition coefficient (Wildman–Crippen LogP) is 4.57. The second-order valence-corrected chi connectivity index (χ2v) is 13.1. The van der Waals surface area contributed by atoms with Gasteiger partial charge in [-0.1, -0.05) is 42.5 Å². The molecule has 0 radical (unpaired) electrons. The molecule has 8 rings (SSSR count). The fraction of sp³-hybridized carbons (Fsp3) is 0.559. The molecule has 1 aromatic heterocycles. The molecule has 2 bridgehead atoms. The molecule has 2 aromatic carbocycles. The third-order valence-electron chi connectivity index (χ3n) is 11.0. The van der Waals surface area contributed by atoms with Gasteiger partial charge in [0.15, 0.2) is 0 Å². The lowest BCUT2D eigenvalue weighted by Crippen LogP contribution is -2.53. The summed E-state index contributed by atoms with van der Waals surface area (Å²) in [6.07, 6.45) is 8.76. The fourth-order valence-corrected chi connectivity index (χ4v) is 8.87. The Kier molecular flexibility index (Phi) is 6.69. The number of guanidine groups is 2. The van der Waals surface area contributed by atoms with E-state index in [4.69, 9.17) is 15.0 Å². The number of aryl methyl sites for hydroxylation is 1. The maximum Gasteiger partial charge on any atom is 0.203 e. The second kappa shape index (κ2) is 10.7. The minimum atomic E-state index is 0.221. The maximum absolute atomic E-state index is 4.94. The Hall–Kier alpha value is -3.39. The monoisotopic (exact) mass is 564 g/mol. The summed E-state index contributed by atoms with van der Waals surface area (Å²) in [6, 6.07) is 22.0. The number of nitrogens with one attached hydrogen (secondary N) is 1. The van der Waals surface area contributed by atoms with E-state index in [-0.39, 0.29) is 5.41 Å². The molecule has 3 fully saturated rings. The van der Waals surface area contributed by atoms with E-state index in [9.17, 15) is 0 Å². The summed E-state index contributed by atoms with van der Waals surface area (Å²) in [5.74, 6) is 3.32. The summed E-state index contributed by atoms with van der Waals surface area (Å²) in [5.41, 5.74) is 4.20. The first kappa shape index (κ1) is 26.3. The highest BCUT2D eigenvalue weighted by Crippen LogP contribution is 2.45. The average Bonchev–Trinajstić information content (AvgIpc) is 3.82. The van der Waals surface area contributed by atoms with Crippen molar-refractivity contribution in [3.05, 3.63) is 66.0 Å². The number of benzene rings is 2. The molecule has 0 aliphatic carbocycles. The summed E-state index contributed by atoms with van der Waals surface area (Å²) in [5, 5.41) is 3.46. The van der Waals surface area contributed by atoms with Crippen molar-refractivity contribution in [1.82, 2.24) is 29.6 Å². The highest BCUT2D eigenvalue weighted by molar-refractivity contribution is 6.00. The van der Waals surface area contributed by atoms with Gasteiger partial charge < -0.3 is 14.8 Å². The van der Waals surface area contributed by atoms with Gasteiger partial charge in [0.2, 0.25) is 11.9 Å². The number of imidazole rings is 1. The predicted molar refractivity (Wildman–Crippen MR) is 169 cm³/mol. The molecular weight excluding hydrogens is 520 g/mol. The minimum Gasteiger partial charge on any atom is -0.354 e. The third-order valence-corrected chi connectivity index (χ3v) is 11.0. The Morgan fingerprint density at radius 2 is 1.62 bits per heavy atom. The van der Waals surface area contributed by atoms with Crippen LogP contribution in [0.25, 0.3) is 11.0 Å². The smallest absolute Gasteiger partial charge is 0.203 e. The molecule has 42 heavy (non-hydrogen) atoms. The van der Waals surface area contributed by atoms with Gasteiger partial charge in [0.05, 0.1) is 24.1 Å². The van der Waals surface area contributed by atoms with Crippen LogP contribution in [0.2, 0.25) is 0 Å². The third kappa shape index (κ3) is 4.50. The number of hydrogen-bond acceptors (Lipinski definition) is 7. The van der Waals surface area contributed by atoms with E-state index in [2.05, 4.69) is 86.1 Å². The van der Waals surface area contributed by atoms with Gasteiger partial charge in [0.1, 0.15) is 5.82 Å². The molecule has 8 heteroatoms. The van der Waals surface area contributed by atoms with Crippen LogP contribution in [0.5, 0.6) is 0 Å². The van der Waals surface area contributed by atoms with Crippen molar-refractivity contribution in [2.75, 3.05) is 45.8 Å². The number of nitrogens with zero attached hydrogens (tertiary/aromatic N) is 7. The first-order valence-corrected chi connectivity index (χ1v) is 16.3. The molecule has 5 aliphatic heterocycles. The van der Waals surface area contributed by atoms with Gasteiger partial charge in [-0.25, -0.2) is 4.98 Å². The average molecular weight is 565 g/mol. The van der Waals surface area contributed by atoms with Crippen LogP contribution in [0.15, 0.2) is 64.6 Å². The minimum absolute atomic E-state index is 0.221. The zero-order valence-electron chi connectivity index (χ0n) is 25.0. The zero-order valence-corrected chi connectivity index (χ0v) is 25.0. The summed E-state index contributed by atoms with van der Waals surface area (Å²) in [6.45, 7) is 9.12. The summed E-state index contributed by atoms with van der Waals surface area (Å²) in [4.78, 5) is 22.3. The van der Waals surface area contributed by atoms with Crippen LogP contribution < -0.4 is 5.32 Å². The van der Waals surface area contributed by atoms with E-state index in [1.165, 1.54) is 68.4 Å². The molecule has 3 atom stereocenters. The number of hydrogen-bond donors (Lipinski definition) is 1. The van der Waals surface area contributed by atoms with E-state index in [0.29, 0.717) is 18.1 Å². The Bertz CT molecular complexity index is 1470. The van der Waals surface area contributed by atoms with Crippen LogP contribution in [-0.4, -0.2) is 94.1 Å². The lowest BCUT2D eigenvalue weighted by molar-refractivity contribution is 0.0884. The topological polar surface area (TPSA) is 64.3 Å². The van der Waals surface area contributed by atoms with Crippen LogP contribution in [0, 0.1) is 6.92 Å². The van der Waals surface area contributed by atoms with Gasteiger partial charge in [-0.05, 0) is 81.5 Å². The lowest BCUT2D eigenvalue weighted by Gasteiger charge is -2.46. The van der Waals surface area contributed by atoms with Crippen LogP contribution in [0.3, 0.4) is 0 Å². The van der Waals surface area contributed by atoms with Gasteiger partial charge in [0.25, 0.3) is 0 Å². The summed E-state index contributed by atoms with van der Waals surface area (Å²) in [7, 11) is 0. The van der Waals surface area contributed by atoms with Crippen molar-refractivity contribution in [3.8, 4) is 0 Å². The number of aliphatic imine (C=N–C) groups is 2. The fourth-order valence-electron chi connectivity index (χ4n) is 8.87. The van der Waals surface area contributed by atoms with E-state index in [0.717, 1.165) is 56.7 Å². The highest BCUT2D eigenvalue weighted by atomic mass is 15.5. The van der Waals surface area contributed by atoms with Crippen molar-refractivity contribution in [1.29, 1.82) is 0 Å². The van der Waals surface area contributed by atoms with E-state index >= 15 is 0 Å². The number of rotatable bonds is 5. The van der Waals surface area contributed by atoms with Crippen molar-refractivity contribution in [3.63, 3.8) is 0 Å². The Morgan fingerprint density at radius 3 is 2.38 bits per heavy atom. The first-order chi connectivity index (χ1) is 20.7. The quantitative estimate of drug-likeness (QED) is 0.492. The van der Waals surface area contributed by atoms with E-state index in [1.54, 1.807) is 0 Å². The molecule has 0 spiro atoms. The molecule has 220 valence electrons. The molecule has 8 nitrogen and oxygen atoms in total. The van der Waals surface area contributed by atoms with Crippen molar-refractivity contribution in [2.45, 2.75) is 75.4 Å². The van der Waals surface area contributed by atoms with Crippen LogP contribution in [0.4, 0.5) is 0 Å². The second-order valence-electron chi connectivity index (χ2n) is 13.1. The van der Waals surface area contributed by atoms with Crippen LogP contribution in [0.1, 0.15) is 62.4 Å². The molecule has 0 saturated carbocycles. The van der Waals surface area contributed by atoms with Gasteiger partial charge in [-0.2, -0.15) is 0 Å². The Morgan fingerprint density at radius 1 is 0.857 bits per heavy atom. The molecule has 5 aliphatic rings.